The fourth-order valence-electron chi connectivity index (χ4n) is 2.15. The molecule has 3 rings (SSSR count). The van der Waals surface area contributed by atoms with Gasteiger partial charge in [-0.15, -0.1) is 0 Å². The molecule has 1 aromatic heterocycles. The van der Waals surface area contributed by atoms with E-state index < -0.39 is 0 Å². The quantitative estimate of drug-likeness (QED) is 0.564. The van der Waals surface area contributed by atoms with E-state index in [-0.39, 0.29) is 11.6 Å². The van der Waals surface area contributed by atoms with Crippen LogP contribution in [0, 0.1) is 18.3 Å². The predicted molar refractivity (Wildman–Crippen MR) is 95.6 cm³/mol. The zero-order valence-electron chi connectivity index (χ0n) is 13.9. The molecule has 0 radical (unpaired) electrons. The Bertz CT molecular complexity index is 920. The Labute approximate surface area is 145 Å². The fourth-order valence-corrected chi connectivity index (χ4v) is 2.15. The minimum Gasteiger partial charge on any atom is -0.497 e. The second-order valence-corrected chi connectivity index (χ2v) is 5.32. The second-order valence-electron chi connectivity index (χ2n) is 5.32. The summed E-state index contributed by atoms with van der Waals surface area (Å²) >= 11 is 0. The number of ether oxygens (including phenoxy) is 1. The number of anilines is 1. The summed E-state index contributed by atoms with van der Waals surface area (Å²) in [7, 11) is 1.61. The lowest BCUT2D eigenvalue weighted by Crippen LogP contribution is -1.91. The maximum atomic E-state index is 9.22. The second kappa shape index (κ2) is 7.32. The summed E-state index contributed by atoms with van der Waals surface area (Å²) in [6.07, 6.45) is 1.62. The highest BCUT2D eigenvalue weighted by Crippen LogP contribution is 2.25. The molecule has 1 heterocycles. The highest BCUT2D eigenvalue weighted by Gasteiger charge is 2.13. The molecule has 0 bridgehead atoms. The lowest BCUT2D eigenvalue weighted by atomic mass is 10.1. The summed E-state index contributed by atoms with van der Waals surface area (Å²) in [4.78, 5) is 4.20. The summed E-state index contributed by atoms with van der Waals surface area (Å²) in [5, 5.41) is 13.3. The van der Waals surface area contributed by atoms with Gasteiger partial charge in [0.1, 0.15) is 11.8 Å². The minimum atomic E-state index is 0.155. The van der Waals surface area contributed by atoms with Crippen LogP contribution >= 0.6 is 0 Å². The Morgan fingerprint density at radius 2 is 1.88 bits per heavy atom. The molecule has 6 nitrogen and oxygen atoms in total. The van der Waals surface area contributed by atoms with Crippen molar-refractivity contribution in [2.24, 2.45) is 5.10 Å². The van der Waals surface area contributed by atoms with Crippen LogP contribution in [0.5, 0.6) is 5.75 Å². The predicted octanol–water partition coefficient (Wildman–Crippen LogP) is 3.98. The molecule has 0 saturated heterocycles. The van der Waals surface area contributed by atoms with Crippen LogP contribution in [0.3, 0.4) is 0 Å². The third-order valence-electron chi connectivity index (χ3n) is 3.53. The minimum absolute atomic E-state index is 0.155. The van der Waals surface area contributed by atoms with Gasteiger partial charge in [-0.3, -0.25) is 0 Å². The third kappa shape index (κ3) is 3.85. The van der Waals surface area contributed by atoms with Gasteiger partial charge in [-0.25, -0.2) is 5.43 Å². The van der Waals surface area contributed by atoms with E-state index in [1.807, 2.05) is 61.5 Å². The molecule has 0 aliphatic rings. The Balaban J connectivity index is 1.76. The first kappa shape index (κ1) is 16.3. The van der Waals surface area contributed by atoms with Crippen LogP contribution in [0.25, 0.3) is 11.5 Å². The number of aromatic nitrogens is 1. The topological polar surface area (TPSA) is 83.4 Å². The summed E-state index contributed by atoms with van der Waals surface area (Å²) in [6, 6.07) is 17.1. The zero-order chi connectivity index (χ0) is 17.6. The summed E-state index contributed by atoms with van der Waals surface area (Å²) in [5.74, 6) is 1.36. The van der Waals surface area contributed by atoms with E-state index in [0.717, 1.165) is 22.4 Å². The Hall–Kier alpha value is -3.59. The van der Waals surface area contributed by atoms with Gasteiger partial charge in [-0.2, -0.15) is 15.3 Å². The molecule has 6 heteroatoms. The van der Waals surface area contributed by atoms with Gasteiger partial charge >= 0.3 is 0 Å². The van der Waals surface area contributed by atoms with E-state index in [1.165, 1.54) is 0 Å². The normalized spacial score (nSPS) is 10.6. The van der Waals surface area contributed by atoms with Gasteiger partial charge in [0, 0.05) is 5.56 Å². The lowest BCUT2D eigenvalue weighted by molar-refractivity contribution is 0.415. The maximum Gasteiger partial charge on any atom is 0.252 e. The van der Waals surface area contributed by atoms with Crippen LogP contribution in [0.1, 0.15) is 16.8 Å². The molecule has 0 unspecified atom stereocenters. The van der Waals surface area contributed by atoms with Crippen LogP contribution in [-0.2, 0) is 0 Å². The molecular formula is C19H16N4O2. The van der Waals surface area contributed by atoms with Gasteiger partial charge in [-0.1, -0.05) is 17.7 Å². The number of oxazole rings is 1. The smallest absolute Gasteiger partial charge is 0.252 e. The van der Waals surface area contributed by atoms with E-state index in [9.17, 15) is 5.26 Å². The monoisotopic (exact) mass is 332 g/mol. The molecule has 3 aromatic rings. The summed E-state index contributed by atoms with van der Waals surface area (Å²) in [5.41, 5.74) is 5.70. The standard InChI is InChI=1S/C19H16N4O2/c1-13-3-7-15(8-4-13)18-22-17(11-20)19(25-18)23-21-12-14-5-9-16(24-2)10-6-14/h3-10,12,23H,1-2H3. The van der Waals surface area contributed by atoms with Crippen molar-refractivity contribution >= 4 is 12.1 Å². The number of nitrogens with one attached hydrogen (secondary N) is 1. The van der Waals surface area contributed by atoms with Crippen molar-refractivity contribution in [1.82, 2.24) is 4.98 Å². The number of nitrogens with zero attached hydrogens (tertiary/aromatic N) is 3. The Kier molecular flexibility index (Phi) is 4.77. The Morgan fingerprint density at radius 1 is 1.16 bits per heavy atom. The van der Waals surface area contributed by atoms with Gasteiger partial charge in [0.2, 0.25) is 11.6 Å². The molecule has 0 atom stereocenters. The number of aryl methyl sites for hydroxylation is 1. The first-order valence-corrected chi connectivity index (χ1v) is 7.60. The van der Waals surface area contributed by atoms with Crippen LogP contribution in [0.4, 0.5) is 5.88 Å². The molecule has 124 valence electrons. The fraction of sp³-hybridized carbons (Fsp3) is 0.105. The van der Waals surface area contributed by atoms with Gasteiger partial charge < -0.3 is 9.15 Å². The van der Waals surface area contributed by atoms with Crippen molar-refractivity contribution in [2.75, 3.05) is 12.5 Å². The van der Waals surface area contributed by atoms with Crippen LogP contribution in [0.15, 0.2) is 58.0 Å². The van der Waals surface area contributed by atoms with E-state index in [0.29, 0.717) is 5.89 Å². The summed E-state index contributed by atoms with van der Waals surface area (Å²) < 4.78 is 10.7. The average Bonchev–Trinajstić information content (AvgIpc) is 3.06. The highest BCUT2D eigenvalue weighted by molar-refractivity contribution is 5.80. The largest absolute Gasteiger partial charge is 0.497 e. The van der Waals surface area contributed by atoms with Gasteiger partial charge in [0.05, 0.1) is 13.3 Å². The van der Waals surface area contributed by atoms with E-state index in [4.69, 9.17) is 9.15 Å². The number of rotatable bonds is 5. The molecule has 0 aliphatic carbocycles. The van der Waals surface area contributed by atoms with Gasteiger partial charge in [-0.05, 0) is 48.9 Å². The van der Waals surface area contributed by atoms with Crippen LogP contribution in [-0.4, -0.2) is 18.3 Å². The highest BCUT2D eigenvalue weighted by atomic mass is 16.5. The molecular weight excluding hydrogens is 316 g/mol. The molecule has 2 aromatic carbocycles. The third-order valence-corrected chi connectivity index (χ3v) is 3.53. The van der Waals surface area contributed by atoms with E-state index in [2.05, 4.69) is 15.5 Å². The van der Waals surface area contributed by atoms with Crippen molar-refractivity contribution < 1.29 is 9.15 Å². The number of hydrazone groups is 1. The van der Waals surface area contributed by atoms with Crippen molar-refractivity contribution in [1.29, 1.82) is 5.26 Å². The molecule has 1 N–H and O–H groups in total. The van der Waals surface area contributed by atoms with Crippen molar-refractivity contribution in [3.05, 3.63) is 65.4 Å². The molecule has 25 heavy (non-hydrogen) atoms. The van der Waals surface area contributed by atoms with Crippen molar-refractivity contribution in [3.63, 3.8) is 0 Å². The molecule has 0 spiro atoms. The van der Waals surface area contributed by atoms with Gasteiger partial charge in [0.25, 0.3) is 5.88 Å². The SMILES string of the molecule is COc1ccc(C=NNc2oc(-c3ccc(C)cc3)nc2C#N)cc1. The summed E-state index contributed by atoms with van der Waals surface area (Å²) in [6.45, 7) is 2.00. The average molecular weight is 332 g/mol. The molecule has 0 aliphatic heterocycles. The number of hydrogen-bond acceptors (Lipinski definition) is 6. The van der Waals surface area contributed by atoms with Crippen molar-refractivity contribution in [3.8, 4) is 23.3 Å². The molecule has 0 fully saturated rings. The maximum absolute atomic E-state index is 9.22. The number of benzene rings is 2. The first-order chi connectivity index (χ1) is 12.2. The zero-order valence-corrected chi connectivity index (χ0v) is 13.9. The van der Waals surface area contributed by atoms with Gasteiger partial charge in [0.15, 0.2) is 0 Å². The number of hydrogen-bond donors (Lipinski definition) is 1. The molecule has 0 saturated carbocycles. The first-order valence-electron chi connectivity index (χ1n) is 7.60. The number of nitriles is 1. The van der Waals surface area contributed by atoms with Crippen LogP contribution in [0.2, 0.25) is 0 Å². The number of methoxy groups -OCH3 is 1. The van der Waals surface area contributed by atoms with E-state index in [1.54, 1.807) is 13.3 Å². The van der Waals surface area contributed by atoms with Crippen LogP contribution < -0.4 is 10.2 Å². The molecule has 0 amide bonds. The van der Waals surface area contributed by atoms with E-state index >= 15 is 0 Å². The Morgan fingerprint density at radius 3 is 2.52 bits per heavy atom. The lowest BCUT2D eigenvalue weighted by Gasteiger charge is -1.99. The van der Waals surface area contributed by atoms with Crippen molar-refractivity contribution in [2.45, 2.75) is 6.92 Å².